The molecule has 156 valence electrons. The van der Waals surface area contributed by atoms with Crippen molar-refractivity contribution in [2.24, 2.45) is 0 Å². The number of benzene rings is 3. The lowest BCUT2D eigenvalue weighted by Crippen LogP contribution is -2.28. The number of ether oxygens (including phenoxy) is 1. The van der Waals surface area contributed by atoms with Crippen molar-refractivity contribution in [1.82, 2.24) is 5.32 Å². The summed E-state index contributed by atoms with van der Waals surface area (Å²) in [4.78, 5) is 12.9. The number of carbonyl (C=O) groups is 1. The molecule has 0 aliphatic heterocycles. The number of hydrogen-bond acceptors (Lipinski definition) is 2. The maximum Gasteiger partial charge on any atom is 0.251 e. The fourth-order valence-electron chi connectivity index (χ4n) is 3.30. The van der Waals surface area contributed by atoms with Gasteiger partial charge in [0.2, 0.25) is 0 Å². The summed E-state index contributed by atoms with van der Waals surface area (Å²) in [6, 6.07) is 23.8. The average molecular weight is 466 g/mol. The minimum absolute atomic E-state index is 0.0149. The maximum absolute atomic E-state index is 12.9. The van der Waals surface area contributed by atoms with Crippen LogP contribution in [0, 0.1) is 0 Å². The van der Waals surface area contributed by atoms with Gasteiger partial charge in [-0.05, 0) is 69.2 Å². The summed E-state index contributed by atoms with van der Waals surface area (Å²) >= 11 is 3.49. The molecule has 30 heavy (non-hydrogen) atoms. The van der Waals surface area contributed by atoms with E-state index in [1.165, 1.54) is 5.56 Å². The Labute approximate surface area is 187 Å². The Morgan fingerprint density at radius 2 is 1.67 bits per heavy atom. The molecular formula is C26H28BrNO2. The SMILES string of the molecule is CC[C@H](NC(=O)c1cccc(COc2ccccc2Br)c1)c1ccc(C(C)C)cc1. The van der Waals surface area contributed by atoms with E-state index in [0.29, 0.717) is 18.1 Å². The summed E-state index contributed by atoms with van der Waals surface area (Å²) in [6.45, 7) is 6.85. The quantitative estimate of drug-likeness (QED) is 0.387. The van der Waals surface area contributed by atoms with Crippen LogP contribution in [0.2, 0.25) is 0 Å². The van der Waals surface area contributed by atoms with Crippen LogP contribution >= 0.6 is 15.9 Å². The first-order chi connectivity index (χ1) is 14.5. The first-order valence-electron chi connectivity index (χ1n) is 10.3. The van der Waals surface area contributed by atoms with E-state index >= 15 is 0 Å². The summed E-state index contributed by atoms with van der Waals surface area (Å²) in [5, 5.41) is 3.17. The highest BCUT2D eigenvalue weighted by atomic mass is 79.9. The number of nitrogens with one attached hydrogen (secondary N) is 1. The Bertz CT molecular complexity index is 982. The molecule has 0 saturated carbocycles. The highest BCUT2D eigenvalue weighted by molar-refractivity contribution is 9.10. The molecule has 0 heterocycles. The van der Waals surface area contributed by atoms with Crippen LogP contribution in [0.5, 0.6) is 5.75 Å². The van der Waals surface area contributed by atoms with E-state index in [2.05, 4.69) is 66.3 Å². The van der Waals surface area contributed by atoms with Crippen LogP contribution in [0.25, 0.3) is 0 Å². The van der Waals surface area contributed by atoms with Crippen molar-refractivity contribution < 1.29 is 9.53 Å². The molecule has 1 amide bonds. The predicted octanol–water partition coefficient (Wildman–Crippen LogP) is 7.03. The lowest BCUT2D eigenvalue weighted by Gasteiger charge is -2.19. The third kappa shape index (κ3) is 5.73. The van der Waals surface area contributed by atoms with Gasteiger partial charge in [-0.1, -0.05) is 69.3 Å². The molecule has 0 unspecified atom stereocenters. The van der Waals surface area contributed by atoms with Crippen molar-refractivity contribution in [1.29, 1.82) is 0 Å². The zero-order chi connectivity index (χ0) is 21.5. The molecule has 0 bridgehead atoms. The summed E-state index contributed by atoms with van der Waals surface area (Å²) < 4.78 is 6.79. The summed E-state index contributed by atoms with van der Waals surface area (Å²) in [5.74, 6) is 1.20. The zero-order valence-electron chi connectivity index (χ0n) is 17.7. The molecule has 0 aromatic heterocycles. The van der Waals surface area contributed by atoms with E-state index in [4.69, 9.17) is 4.74 Å². The topological polar surface area (TPSA) is 38.3 Å². The van der Waals surface area contributed by atoms with Crippen LogP contribution in [-0.2, 0) is 6.61 Å². The molecule has 0 aliphatic rings. The largest absolute Gasteiger partial charge is 0.488 e. The van der Waals surface area contributed by atoms with E-state index in [9.17, 15) is 4.79 Å². The first kappa shape index (κ1) is 22.1. The summed E-state index contributed by atoms with van der Waals surface area (Å²) in [5.41, 5.74) is 4.02. The summed E-state index contributed by atoms with van der Waals surface area (Å²) in [7, 11) is 0. The van der Waals surface area contributed by atoms with Gasteiger partial charge in [0.25, 0.3) is 5.91 Å². The van der Waals surface area contributed by atoms with Crippen molar-refractivity contribution in [3.63, 3.8) is 0 Å². The monoisotopic (exact) mass is 465 g/mol. The van der Waals surface area contributed by atoms with Crippen molar-refractivity contribution in [2.75, 3.05) is 0 Å². The second-order valence-electron chi connectivity index (χ2n) is 7.68. The number of hydrogen-bond donors (Lipinski definition) is 1. The Morgan fingerprint density at radius 1 is 0.967 bits per heavy atom. The molecule has 1 N–H and O–H groups in total. The Hall–Kier alpha value is -2.59. The molecule has 3 aromatic rings. The lowest BCUT2D eigenvalue weighted by atomic mass is 9.98. The van der Waals surface area contributed by atoms with Crippen molar-refractivity contribution in [3.05, 3.63) is 99.5 Å². The molecule has 0 radical (unpaired) electrons. The van der Waals surface area contributed by atoms with Gasteiger partial charge in [-0.25, -0.2) is 0 Å². The minimum Gasteiger partial charge on any atom is -0.488 e. The number of para-hydroxylation sites is 1. The van der Waals surface area contributed by atoms with E-state index in [1.54, 1.807) is 0 Å². The van der Waals surface area contributed by atoms with Gasteiger partial charge in [0, 0.05) is 5.56 Å². The molecule has 4 heteroatoms. The minimum atomic E-state index is -0.0717. The van der Waals surface area contributed by atoms with Crippen LogP contribution in [0.1, 0.15) is 66.2 Å². The first-order valence-corrected chi connectivity index (χ1v) is 11.1. The van der Waals surface area contributed by atoms with Crippen molar-refractivity contribution >= 4 is 21.8 Å². The summed E-state index contributed by atoms with van der Waals surface area (Å²) in [6.07, 6.45) is 0.831. The van der Waals surface area contributed by atoms with Gasteiger partial charge in [-0.3, -0.25) is 4.79 Å². The third-order valence-corrected chi connectivity index (χ3v) is 5.79. The normalized spacial score (nSPS) is 11.9. The van der Waals surface area contributed by atoms with Crippen LogP contribution in [-0.4, -0.2) is 5.91 Å². The van der Waals surface area contributed by atoms with E-state index in [-0.39, 0.29) is 11.9 Å². The van der Waals surface area contributed by atoms with Gasteiger partial charge in [-0.15, -0.1) is 0 Å². The molecule has 0 fully saturated rings. The number of rotatable bonds is 8. The van der Waals surface area contributed by atoms with Crippen LogP contribution in [0.15, 0.2) is 77.3 Å². The van der Waals surface area contributed by atoms with E-state index < -0.39 is 0 Å². The highest BCUT2D eigenvalue weighted by Crippen LogP contribution is 2.25. The van der Waals surface area contributed by atoms with Crippen LogP contribution < -0.4 is 10.1 Å². The molecule has 0 aliphatic carbocycles. The second-order valence-corrected chi connectivity index (χ2v) is 8.53. The Balaban J connectivity index is 1.67. The van der Waals surface area contributed by atoms with Crippen molar-refractivity contribution in [3.8, 4) is 5.75 Å². The standard InChI is InChI=1S/C26H28BrNO2/c1-4-24(21-14-12-20(13-15-21)18(2)3)28-26(29)22-9-7-8-19(16-22)17-30-25-11-6-5-10-23(25)27/h5-16,18,24H,4,17H2,1-3H3,(H,28,29)/t24-/m0/s1. The molecule has 0 saturated heterocycles. The Kier molecular flexibility index (Phi) is 7.69. The number of carbonyl (C=O) groups excluding carboxylic acids is 1. The highest BCUT2D eigenvalue weighted by Gasteiger charge is 2.15. The zero-order valence-corrected chi connectivity index (χ0v) is 19.3. The Morgan fingerprint density at radius 3 is 2.33 bits per heavy atom. The van der Waals surface area contributed by atoms with Gasteiger partial charge in [0.05, 0.1) is 10.5 Å². The second kappa shape index (κ2) is 10.4. The smallest absolute Gasteiger partial charge is 0.251 e. The van der Waals surface area contributed by atoms with E-state index in [1.807, 2.05) is 48.5 Å². The lowest BCUT2D eigenvalue weighted by molar-refractivity contribution is 0.0935. The van der Waals surface area contributed by atoms with Crippen LogP contribution in [0.3, 0.4) is 0 Å². The van der Waals surface area contributed by atoms with Gasteiger partial charge < -0.3 is 10.1 Å². The maximum atomic E-state index is 12.9. The molecular weight excluding hydrogens is 438 g/mol. The number of halogens is 1. The fraction of sp³-hybridized carbons (Fsp3) is 0.269. The van der Waals surface area contributed by atoms with Gasteiger partial charge >= 0.3 is 0 Å². The fourth-order valence-corrected chi connectivity index (χ4v) is 3.70. The van der Waals surface area contributed by atoms with Crippen molar-refractivity contribution in [2.45, 2.75) is 45.8 Å². The van der Waals surface area contributed by atoms with Gasteiger partial charge in [0.1, 0.15) is 12.4 Å². The molecule has 3 rings (SSSR count). The molecule has 1 atom stereocenters. The molecule has 3 aromatic carbocycles. The van der Waals surface area contributed by atoms with Gasteiger partial charge in [-0.2, -0.15) is 0 Å². The van der Waals surface area contributed by atoms with Gasteiger partial charge in [0.15, 0.2) is 0 Å². The third-order valence-electron chi connectivity index (χ3n) is 5.14. The van der Waals surface area contributed by atoms with Crippen LogP contribution in [0.4, 0.5) is 0 Å². The van der Waals surface area contributed by atoms with E-state index in [0.717, 1.165) is 27.8 Å². The predicted molar refractivity (Wildman–Crippen MR) is 126 cm³/mol. The molecule has 0 spiro atoms. The molecule has 3 nitrogen and oxygen atoms in total. The number of amides is 1. The average Bonchev–Trinajstić information content (AvgIpc) is 2.77.